The smallest absolute Gasteiger partial charge is 0.310 e. The third-order valence-corrected chi connectivity index (χ3v) is 12.4. The number of hydrogen-bond donors (Lipinski definition) is 2. The van der Waals surface area contributed by atoms with Crippen LogP contribution in [0.15, 0.2) is 72.6 Å². The number of carbonyl (C=O) groups is 2. The van der Waals surface area contributed by atoms with E-state index in [1.54, 1.807) is 0 Å². The standard InChI is InChI=1S/C44H45Cl2N5O5/c1-27-2-5-31(19-28-3-6-29(7-4-28)42-48-22-33-24-51(16-11-38(33)49-42)26-44(13-14-44)43(54)55)35(18-27)34-8-9-37(45)36(41(34)46)25-56-39-20-30-10-15-50(17-12-40(52)53)23-32(30)21-47-39/h3-9,18,20-22,27H,2,10-17,19,23-26H2,1H3,(H,52,53)(H,54,55). The van der Waals surface area contributed by atoms with Gasteiger partial charge in [0.1, 0.15) is 6.61 Å². The van der Waals surface area contributed by atoms with Crippen LogP contribution in [0.1, 0.15) is 71.7 Å². The highest BCUT2D eigenvalue weighted by Crippen LogP contribution is 2.47. The Hall–Kier alpha value is -4.61. The van der Waals surface area contributed by atoms with Crippen molar-refractivity contribution in [3.8, 4) is 17.3 Å². The molecule has 0 amide bonds. The van der Waals surface area contributed by atoms with Gasteiger partial charge < -0.3 is 14.9 Å². The van der Waals surface area contributed by atoms with Crippen LogP contribution >= 0.6 is 23.2 Å². The van der Waals surface area contributed by atoms with E-state index >= 15 is 0 Å². The highest BCUT2D eigenvalue weighted by molar-refractivity contribution is 6.37. The first-order valence-electron chi connectivity index (χ1n) is 19.4. The molecular weight excluding hydrogens is 749 g/mol. The summed E-state index contributed by atoms with van der Waals surface area (Å²) >= 11 is 13.9. The molecule has 56 heavy (non-hydrogen) atoms. The van der Waals surface area contributed by atoms with E-state index in [9.17, 15) is 14.7 Å². The van der Waals surface area contributed by atoms with Gasteiger partial charge in [-0.25, -0.2) is 15.0 Å². The quantitative estimate of drug-likeness (QED) is 0.137. The molecule has 1 saturated carbocycles. The summed E-state index contributed by atoms with van der Waals surface area (Å²) in [6, 6.07) is 14.3. The minimum absolute atomic E-state index is 0.124. The third kappa shape index (κ3) is 8.39. The van der Waals surface area contributed by atoms with Gasteiger partial charge in [0.25, 0.3) is 0 Å². The first-order chi connectivity index (χ1) is 27.0. The number of halogens is 2. The molecule has 2 aromatic heterocycles. The molecule has 8 rings (SSSR count). The molecule has 10 nitrogen and oxygen atoms in total. The molecular formula is C44H45Cl2N5O5. The number of benzene rings is 2. The summed E-state index contributed by atoms with van der Waals surface area (Å²) in [5.41, 5.74) is 9.83. The van der Waals surface area contributed by atoms with Gasteiger partial charge in [0, 0.05) is 91.4 Å². The minimum atomic E-state index is -0.790. The Balaban J connectivity index is 0.929. The number of aliphatic carboxylic acids is 2. The Morgan fingerprint density at radius 3 is 2.48 bits per heavy atom. The fourth-order valence-corrected chi connectivity index (χ4v) is 8.65. The summed E-state index contributed by atoms with van der Waals surface area (Å²) < 4.78 is 6.18. The van der Waals surface area contributed by atoms with Crippen molar-refractivity contribution in [3.63, 3.8) is 0 Å². The van der Waals surface area contributed by atoms with E-state index in [2.05, 4.69) is 58.1 Å². The zero-order valence-electron chi connectivity index (χ0n) is 31.4. The summed E-state index contributed by atoms with van der Waals surface area (Å²) in [6.07, 6.45) is 13.2. The van der Waals surface area contributed by atoms with Crippen molar-refractivity contribution in [2.45, 2.75) is 71.6 Å². The van der Waals surface area contributed by atoms with Gasteiger partial charge in [0.15, 0.2) is 5.82 Å². The predicted octanol–water partition coefficient (Wildman–Crippen LogP) is 8.07. The number of hydrogen-bond acceptors (Lipinski definition) is 8. The van der Waals surface area contributed by atoms with Crippen LogP contribution in [-0.2, 0) is 48.5 Å². The molecule has 290 valence electrons. The second kappa shape index (κ2) is 16.1. The largest absolute Gasteiger partial charge is 0.481 e. The summed E-state index contributed by atoms with van der Waals surface area (Å²) in [4.78, 5) is 41.3. The topological polar surface area (TPSA) is 129 Å². The van der Waals surface area contributed by atoms with Gasteiger partial charge in [-0.2, -0.15) is 0 Å². The van der Waals surface area contributed by atoms with Crippen LogP contribution in [0.4, 0.5) is 0 Å². The molecule has 4 aromatic rings. The summed E-state index contributed by atoms with van der Waals surface area (Å²) in [5.74, 6) is 0.0787. The van der Waals surface area contributed by atoms with E-state index in [0.717, 1.165) is 90.7 Å². The fraction of sp³-hybridized carbons (Fsp3) is 0.386. The zero-order valence-corrected chi connectivity index (χ0v) is 33.0. The average Bonchev–Trinajstić information content (AvgIpc) is 3.98. The number of fused-ring (bicyclic) bond motifs is 2. The summed E-state index contributed by atoms with van der Waals surface area (Å²) in [5, 5.41) is 19.8. The van der Waals surface area contributed by atoms with E-state index in [1.807, 2.05) is 30.6 Å². The molecule has 1 fully saturated rings. The zero-order chi connectivity index (χ0) is 39.0. The van der Waals surface area contributed by atoms with Gasteiger partial charge in [0.2, 0.25) is 5.88 Å². The molecule has 2 aliphatic carbocycles. The molecule has 2 aliphatic heterocycles. The molecule has 1 atom stereocenters. The van der Waals surface area contributed by atoms with Crippen molar-refractivity contribution in [2.75, 3.05) is 26.2 Å². The number of carboxylic acid groups (broad SMARTS) is 2. The monoisotopic (exact) mass is 793 g/mol. The Labute approximate surface area is 336 Å². The fourth-order valence-electron chi connectivity index (χ4n) is 8.07. The van der Waals surface area contributed by atoms with Crippen molar-refractivity contribution in [2.24, 2.45) is 11.3 Å². The van der Waals surface area contributed by atoms with E-state index in [-0.39, 0.29) is 13.0 Å². The van der Waals surface area contributed by atoms with E-state index in [1.165, 1.54) is 11.1 Å². The van der Waals surface area contributed by atoms with Crippen molar-refractivity contribution in [3.05, 3.63) is 122 Å². The maximum Gasteiger partial charge on any atom is 0.310 e. The van der Waals surface area contributed by atoms with Crippen LogP contribution in [0.5, 0.6) is 5.88 Å². The van der Waals surface area contributed by atoms with Gasteiger partial charge in [0.05, 0.1) is 22.6 Å². The minimum Gasteiger partial charge on any atom is -0.481 e. The highest BCUT2D eigenvalue weighted by Gasteiger charge is 2.51. The summed E-state index contributed by atoms with van der Waals surface area (Å²) in [6.45, 7) is 6.43. The second-order valence-corrected chi connectivity index (χ2v) is 16.5. The number of pyridine rings is 1. The number of nitrogens with zero attached hydrogens (tertiary/aromatic N) is 5. The van der Waals surface area contributed by atoms with Crippen molar-refractivity contribution >= 4 is 40.7 Å². The Bertz CT molecular complexity index is 2240. The maximum atomic E-state index is 11.7. The van der Waals surface area contributed by atoms with Gasteiger partial charge in [-0.3, -0.25) is 19.4 Å². The molecule has 2 N–H and O–H groups in total. The van der Waals surface area contributed by atoms with Gasteiger partial charge in [-0.1, -0.05) is 72.6 Å². The normalized spacial score (nSPS) is 19.0. The number of carboxylic acids is 2. The molecule has 0 saturated heterocycles. The van der Waals surface area contributed by atoms with Crippen molar-refractivity contribution in [1.29, 1.82) is 0 Å². The van der Waals surface area contributed by atoms with E-state index in [0.29, 0.717) is 59.4 Å². The lowest BCUT2D eigenvalue weighted by atomic mass is 9.84. The third-order valence-electron chi connectivity index (χ3n) is 11.6. The SMILES string of the molecule is CC1C=C(c2ccc(Cl)c(COc3cc4c(cn3)CN(CCC(=O)O)CC4)c2Cl)C(Cc2ccc(-c3ncc4c(n3)CCN(CC3(C(=O)O)CC3)C4)cc2)=CC1. The van der Waals surface area contributed by atoms with Gasteiger partial charge in [-0.05, 0) is 71.9 Å². The van der Waals surface area contributed by atoms with Crippen LogP contribution in [0, 0.1) is 11.3 Å². The highest BCUT2D eigenvalue weighted by atomic mass is 35.5. The van der Waals surface area contributed by atoms with Crippen LogP contribution in [-0.4, -0.2) is 73.1 Å². The van der Waals surface area contributed by atoms with Crippen molar-refractivity contribution in [1.82, 2.24) is 24.8 Å². The lowest BCUT2D eigenvalue weighted by molar-refractivity contribution is -0.144. The summed E-state index contributed by atoms with van der Waals surface area (Å²) in [7, 11) is 0. The van der Waals surface area contributed by atoms with E-state index < -0.39 is 17.4 Å². The molecule has 0 radical (unpaired) electrons. The van der Waals surface area contributed by atoms with Crippen LogP contribution in [0.2, 0.25) is 10.0 Å². The number of ether oxygens (including phenoxy) is 1. The molecule has 4 aliphatic rings. The second-order valence-electron chi connectivity index (χ2n) is 15.7. The Kier molecular flexibility index (Phi) is 11.0. The van der Waals surface area contributed by atoms with Crippen LogP contribution in [0.25, 0.3) is 17.0 Å². The van der Waals surface area contributed by atoms with Gasteiger partial charge in [-0.15, -0.1) is 0 Å². The lowest BCUT2D eigenvalue weighted by Gasteiger charge is -2.30. The number of aromatic nitrogens is 3. The molecule has 4 heterocycles. The van der Waals surface area contributed by atoms with Crippen molar-refractivity contribution < 1.29 is 24.5 Å². The van der Waals surface area contributed by atoms with Crippen LogP contribution < -0.4 is 4.74 Å². The molecule has 12 heteroatoms. The Morgan fingerprint density at radius 1 is 0.946 bits per heavy atom. The molecule has 0 bridgehead atoms. The first-order valence-corrected chi connectivity index (χ1v) is 20.1. The number of rotatable bonds is 13. The maximum absolute atomic E-state index is 11.7. The molecule has 1 unspecified atom stereocenters. The average molecular weight is 795 g/mol. The van der Waals surface area contributed by atoms with E-state index in [4.69, 9.17) is 43.0 Å². The van der Waals surface area contributed by atoms with Gasteiger partial charge >= 0.3 is 11.9 Å². The number of allylic oxidation sites excluding steroid dienone is 4. The Morgan fingerprint density at radius 2 is 1.71 bits per heavy atom. The lowest BCUT2D eigenvalue weighted by Crippen LogP contribution is -2.38. The molecule has 2 aromatic carbocycles. The van der Waals surface area contributed by atoms with Crippen LogP contribution in [0.3, 0.4) is 0 Å². The predicted molar refractivity (Wildman–Crippen MR) is 216 cm³/mol. The molecule has 0 spiro atoms. The first kappa shape index (κ1) is 38.3.